The quantitative estimate of drug-likeness (QED) is 0.832. The molecule has 2 amide bonds. The molecular weight excluding hydrogens is 359 g/mol. The summed E-state index contributed by atoms with van der Waals surface area (Å²) in [6.45, 7) is -0.933. The first-order valence-corrected chi connectivity index (χ1v) is 7.19. The maximum absolute atomic E-state index is 13.9. The van der Waals surface area contributed by atoms with Gasteiger partial charge in [0.1, 0.15) is 18.4 Å². The number of alkyl halides is 4. The number of carbonyl (C=O) groups excluding carboxylic acids is 2. The number of likely N-dealkylation sites (tertiary alicyclic amines) is 1. The van der Waals surface area contributed by atoms with E-state index < -0.39 is 49.0 Å². The van der Waals surface area contributed by atoms with Gasteiger partial charge in [0.2, 0.25) is 5.91 Å². The number of nitrogens with zero attached hydrogens (tertiary/aromatic N) is 1. The van der Waals surface area contributed by atoms with Crippen molar-refractivity contribution in [2.24, 2.45) is 0 Å². The SMILES string of the molecule is O=C(N[C@@H]1CN(C(=O)CC(F)(F)F)C[C@@H]1F)c1ccc(F)cc1Cl. The zero-order valence-electron chi connectivity index (χ0n) is 12.0. The molecule has 1 heterocycles. The Morgan fingerprint density at radius 3 is 2.54 bits per heavy atom. The van der Waals surface area contributed by atoms with E-state index in [0.717, 1.165) is 18.2 Å². The standard InChI is InChI=1S/C14H12ClF5N2O2/c15-9-3-7(16)1-2-8(9)13(24)21-11-6-22(5-10(11)17)12(23)4-14(18,19)20/h1-3,10-11H,4-6H2,(H,21,24)/t10-,11+/m0/s1. The number of amides is 2. The predicted octanol–water partition coefficient (Wildman–Crippen LogP) is 2.71. The highest BCUT2D eigenvalue weighted by atomic mass is 35.5. The van der Waals surface area contributed by atoms with Gasteiger partial charge in [-0.2, -0.15) is 13.2 Å². The topological polar surface area (TPSA) is 49.4 Å². The summed E-state index contributed by atoms with van der Waals surface area (Å²) >= 11 is 5.71. The summed E-state index contributed by atoms with van der Waals surface area (Å²) in [7, 11) is 0. The molecule has 10 heteroatoms. The monoisotopic (exact) mass is 370 g/mol. The molecule has 4 nitrogen and oxygen atoms in total. The number of halogens is 6. The summed E-state index contributed by atoms with van der Waals surface area (Å²) in [5, 5.41) is 2.07. The number of carbonyl (C=O) groups is 2. The van der Waals surface area contributed by atoms with Crippen molar-refractivity contribution in [1.29, 1.82) is 0 Å². The molecule has 0 aliphatic carbocycles. The Hall–Kier alpha value is -1.90. The van der Waals surface area contributed by atoms with Crippen LogP contribution in [0.15, 0.2) is 18.2 Å². The van der Waals surface area contributed by atoms with Gasteiger partial charge in [0.05, 0.1) is 23.2 Å². The van der Waals surface area contributed by atoms with Gasteiger partial charge in [-0.25, -0.2) is 8.78 Å². The van der Waals surface area contributed by atoms with Gasteiger partial charge in [0.25, 0.3) is 5.91 Å². The highest BCUT2D eigenvalue weighted by Gasteiger charge is 2.40. The summed E-state index contributed by atoms with van der Waals surface area (Å²) in [4.78, 5) is 24.2. The molecule has 1 fully saturated rings. The van der Waals surface area contributed by atoms with E-state index in [1.165, 1.54) is 0 Å². The lowest BCUT2D eigenvalue weighted by Crippen LogP contribution is -2.42. The lowest BCUT2D eigenvalue weighted by molar-refractivity contribution is -0.160. The van der Waals surface area contributed by atoms with E-state index in [4.69, 9.17) is 11.6 Å². The zero-order chi connectivity index (χ0) is 18.1. The molecular formula is C14H12ClF5N2O2. The first-order valence-electron chi connectivity index (χ1n) is 6.81. The van der Waals surface area contributed by atoms with Crippen LogP contribution in [0, 0.1) is 5.82 Å². The molecule has 0 spiro atoms. The molecule has 1 aliphatic heterocycles. The predicted molar refractivity (Wildman–Crippen MR) is 74.8 cm³/mol. The number of rotatable bonds is 3. The minimum absolute atomic E-state index is 0.106. The summed E-state index contributed by atoms with van der Waals surface area (Å²) in [5.41, 5.74) is -0.106. The third-order valence-corrected chi connectivity index (χ3v) is 3.76. The average Bonchev–Trinajstić information content (AvgIpc) is 2.78. The highest BCUT2D eigenvalue weighted by Crippen LogP contribution is 2.24. The second kappa shape index (κ2) is 6.92. The van der Waals surface area contributed by atoms with Crippen LogP contribution >= 0.6 is 11.6 Å². The average molecular weight is 371 g/mol. The van der Waals surface area contributed by atoms with Crippen LogP contribution in [0.4, 0.5) is 22.0 Å². The minimum atomic E-state index is -4.69. The van der Waals surface area contributed by atoms with Gasteiger partial charge in [0, 0.05) is 6.54 Å². The van der Waals surface area contributed by atoms with Gasteiger partial charge in [-0.3, -0.25) is 9.59 Å². The highest BCUT2D eigenvalue weighted by molar-refractivity contribution is 6.33. The molecule has 2 atom stereocenters. The van der Waals surface area contributed by atoms with E-state index in [2.05, 4.69) is 5.32 Å². The van der Waals surface area contributed by atoms with Crippen LogP contribution < -0.4 is 5.32 Å². The Morgan fingerprint density at radius 2 is 1.96 bits per heavy atom. The molecule has 0 bridgehead atoms. The van der Waals surface area contributed by atoms with Crippen molar-refractivity contribution in [3.63, 3.8) is 0 Å². The van der Waals surface area contributed by atoms with Gasteiger partial charge in [-0.15, -0.1) is 0 Å². The normalized spacial score (nSPS) is 21.0. The number of hydrogen-bond donors (Lipinski definition) is 1. The van der Waals surface area contributed by atoms with Crippen LogP contribution in [0.25, 0.3) is 0 Å². The van der Waals surface area contributed by atoms with Crippen molar-refractivity contribution in [2.75, 3.05) is 13.1 Å². The van der Waals surface area contributed by atoms with Gasteiger partial charge in [-0.05, 0) is 18.2 Å². The molecule has 0 saturated carbocycles. The van der Waals surface area contributed by atoms with Crippen LogP contribution in [-0.2, 0) is 4.79 Å². The first kappa shape index (κ1) is 18.4. The Balaban J connectivity index is 2.00. The smallest absolute Gasteiger partial charge is 0.344 e. The zero-order valence-corrected chi connectivity index (χ0v) is 12.8. The number of hydrogen-bond acceptors (Lipinski definition) is 2. The van der Waals surface area contributed by atoms with E-state index in [1.54, 1.807) is 0 Å². The second-order valence-corrected chi connectivity index (χ2v) is 5.72. The fourth-order valence-electron chi connectivity index (χ4n) is 2.31. The number of nitrogens with one attached hydrogen (secondary N) is 1. The van der Waals surface area contributed by atoms with Crippen molar-refractivity contribution in [1.82, 2.24) is 10.2 Å². The maximum Gasteiger partial charge on any atom is 0.397 e. The molecule has 24 heavy (non-hydrogen) atoms. The third-order valence-electron chi connectivity index (χ3n) is 3.45. The molecule has 132 valence electrons. The molecule has 2 rings (SSSR count). The van der Waals surface area contributed by atoms with E-state index in [1.807, 2.05) is 0 Å². The van der Waals surface area contributed by atoms with E-state index in [0.29, 0.717) is 4.90 Å². The fourth-order valence-corrected chi connectivity index (χ4v) is 2.56. The summed E-state index contributed by atoms with van der Waals surface area (Å²) in [5.74, 6) is -2.73. The Labute approximate surface area is 138 Å². The van der Waals surface area contributed by atoms with Gasteiger partial charge in [-0.1, -0.05) is 11.6 Å². The summed E-state index contributed by atoms with van der Waals surface area (Å²) in [6.07, 6.45) is -8.10. The maximum atomic E-state index is 13.9. The molecule has 0 unspecified atom stereocenters. The van der Waals surface area contributed by atoms with E-state index >= 15 is 0 Å². The Bertz CT molecular complexity index is 653. The van der Waals surface area contributed by atoms with Gasteiger partial charge in [0.15, 0.2) is 0 Å². The van der Waals surface area contributed by atoms with Crippen LogP contribution in [-0.4, -0.2) is 48.2 Å². The van der Waals surface area contributed by atoms with Crippen molar-refractivity contribution in [2.45, 2.75) is 24.8 Å². The Kier molecular flexibility index (Phi) is 5.32. The first-order chi connectivity index (χ1) is 11.1. The van der Waals surface area contributed by atoms with Crippen molar-refractivity contribution < 1.29 is 31.5 Å². The fraction of sp³-hybridized carbons (Fsp3) is 0.429. The molecule has 0 radical (unpaired) electrons. The van der Waals surface area contributed by atoms with Crippen LogP contribution in [0.5, 0.6) is 0 Å². The molecule has 1 aliphatic rings. The van der Waals surface area contributed by atoms with Gasteiger partial charge < -0.3 is 10.2 Å². The lowest BCUT2D eigenvalue weighted by Gasteiger charge is -2.17. The second-order valence-electron chi connectivity index (χ2n) is 5.31. The largest absolute Gasteiger partial charge is 0.397 e. The summed E-state index contributed by atoms with van der Waals surface area (Å²) < 4.78 is 63.4. The van der Waals surface area contributed by atoms with Gasteiger partial charge >= 0.3 is 6.18 Å². The number of benzene rings is 1. The minimum Gasteiger partial charge on any atom is -0.344 e. The lowest BCUT2D eigenvalue weighted by atomic mass is 10.1. The van der Waals surface area contributed by atoms with Crippen molar-refractivity contribution in [3.8, 4) is 0 Å². The van der Waals surface area contributed by atoms with Crippen molar-refractivity contribution in [3.05, 3.63) is 34.6 Å². The van der Waals surface area contributed by atoms with Crippen molar-refractivity contribution >= 4 is 23.4 Å². The van der Waals surface area contributed by atoms with E-state index in [9.17, 15) is 31.5 Å². The molecule has 0 aromatic heterocycles. The van der Waals surface area contributed by atoms with E-state index in [-0.39, 0.29) is 17.1 Å². The van der Waals surface area contributed by atoms with Crippen LogP contribution in [0.3, 0.4) is 0 Å². The molecule has 1 N–H and O–H groups in total. The summed E-state index contributed by atoms with van der Waals surface area (Å²) in [6, 6.07) is 1.82. The van der Waals surface area contributed by atoms with Crippen LogP contribution in [0.1, 0.15) is 16.8 Å². The molecule has 1 saturated heterocycles. The molecule has 1 aromatic carbocycles. The van der Waals surface area contributed by atoms with Crippen LogP contribution in [0.2, 0.25) is 5.02 Å². The molecule has 1 aromatic rings. The Morgan fingerprint density at radius 1 is 1.29 bits per heavy atom. The third kappa shape index (κ3) is 4.56.